The molecule has 0 amide bonds. The van der Waals surface area contributed by atoms with Crippen LogP contribution >= 0.6 is 22.6 Å². The maximum atomic E-state index is 13.8. The van der Waals surface area contributed by atoms with Gasteiger partial charge in [0.2, 0.25) is 0 Å². The second-order valence-electron chi connectivity index (χ2n) is 3.85. The van der Waals surface area contributed by atoms with Crippen LogP contribution in [0.5, 0.6) is 0 Å². The van der Waals surface area contributed by atoms with Gasteiger partial charge in [0.1, 0.15) is 21.9 Å². The molecule has 7 nitrogen and oxygen atoms in total. The van der Waals surface area contributed by atoms with E-state index in [0.29, 0.717) is 0 Å². The molecule has 0 aromatic carbocycles. The van der Waals surface area contributed by atoms with E-state index in [-0.39, 0.29) is 9.26 Å². The summed E-state index contributed by atoms with van der Waals surface area (Å²) in [7, 11) is 0. The van der Waals surface area contributed by atoms with E-state index in [1.165, 1.54) is 0 Å². The van der Waals surface area contributed by atoms with Crippen LogP contribution in [0.2, 0.25) is 0 Å². The minimum atomic E-state index is -1.83. The van der Waals surface area contributed by atoms with Crippen molar-refractivity contribution in [2.45, 2.75) is 24.5 Å². The fraction of sp³-hybridized carbons (Fsp3) is 0.556. The zero-order valence-electron chi connectivity index (χ0n) is 8.89. The van der Waals surface area contributed by atoms with Crippen molar-refractivity contribution in [2.24, 2.45) is 0 Å². The molecular weight excluding hydrogens is 362 g/mol. The van der Waals surface area contributed by atoms with Gasteiger partial charge < -0.3 is 19.9 Å². The number of aliphatic hydroxyl groups is 2. The van der Waals surface area contributed by atoms with Crippen molar-refractivity contribution < 1.29 is 19.3 Å². The van der Waals surface area contributed by atoms with Crippen LogP contribution in [0.25, 0.3) is 0 Å². The van der Waals surface area contributed by atoms with E-state index in [0.717, 1.165) is 0 Å². The number of aromatic nitrogens is 2. The van der Waals surface area contributed by atoms with E-state index in [1.54, 1.807) is 22.6 Å². The monoisotopic (exact) mass is 372 g/mol. The predicted octanol–water partition coefficient (Wildman–Crippen LogP) is -1.20. The molecule has 2 rings (SSSR count). The standard InChI is InChI=1S/C9H10FIN2O5/c10-3-6(15)2(1-14)18-7(3)5-4(11)8(16)13-9(17)12-5/h2-3,6-7,14-15H,1H2,(H2,12,13,16,17)/t2-,3-,6-,7-/m1/s1. The lowest BCUT2D eigenvalue weighted by Crippen LogP contribution is -2.31. The summed E-state index contributed by atoms with van der Waals surface area (Å²) in [5, 5.41) is 18.4. The summed E-state index contributed by atoms with van der Waals surface area (Å²) >= 11 is 1.64. The second-order valence-corrected chi connectivity index (χ2v) is 4.93. The average molecular weight is 372 g/mol. The fourth-order valence-electron chi connectivity index (χ4n) is 1.79. The van der Waals surface area contributed by atoms with Crippen molar-refractivity contribution in [3.63, 3.8) is 0 Å². The van der Waals surface area contributed by atoms with Crippen LogP contribution in [0.15, 0.2) is 9.59 Å². The van der Waals surface area contributed by atoms with Crippen LogP contribution in [0, 0.1) is 3.57 Å². The third kappa shape index (κ3) is 2.22. The van der Waals surface area contributed by atoms with Crippen molar-refractivity contribution in [3.8, 4) is 0 Å². The Kier molecular flexibility index (Phi) is 3.84. The van der Waals surface area contributed by atoms with Crippen LogP contribution in [0.3, 0.4) is 0 Å². The number of halogens is 2. The predicted molar refractivity (Wildman–Crippen MR) is 66.0 cm³/mol. The van der Waals surface area contributed by atoms with Gasteiger partial charge in [-0.15, -0.1) is 0 Å². The van der Waals surface area contributed by atoms with E-state index in [4.69, 9.17) is 9.84 Å². The number of nitrogens with one attached hydrogen (secondary N) is 2. The first-order valence-corrected chi connectivity index (χ1v) is 6.14. The molecule has 1 aromatic rings. The molecule has 0 spiro atoms. The number of hydrogen-bond donors (Lipinski definition) is 4. The lowest BCUT2D eigenvalue weighted by atomic mass is 10.1. The minimum absolute atomic E-state index is 0.0353. The SMILES string of the molecule is O=c1[nH]c([C@@H]2O[C@H](CO)[C@@H](O)[C@H]2F)c(I)c(=O)[nH]1. The summed E-state index contributed by atoms with van der Waals surface area (Å²) in [5.74, 6) is 0. The maximum absolute atomic E-state index is 13.8. The Morgan fingerprint density at radius 1 is 1.39 bits per heavy atom. The van der Waals surface area contributed by atoms with Gasteiger partial charge in [-0.2, -0.15) is 0 Å². The Morgan fingerprint density at radius 3 is 2.61 bits per heavy atom. The van der Waals surface area contributed by atoms with Gasteiger partial charge in [0.25, 0.3) is 5.56 Å². The highest BCUT2D eigenvalue weighted by Gasteiger charge is 2.45. The zero-order valence-corrected chi connectivity index (χ0v) is 11.0. The van der Waals surface area contributed by atoms with E-state index in [1.807, 2.05) is 4.98 Å². The smallest absolute Gasteiger partial charge is 0.326 e. The summed E-state index contributed by atoms with van der Waals surface area (Å²) < 4.78 is 19.0. The molecule has 2 heterocycles. The topological polar surface area (TPSA) is 115 Å². The Balaban J connectivity index is 2.45. The minimum Gasteiger partial charge on any atom is -0.394 e. The molecule has 0 bridgehead atoms. The molecular formula is C9H10FIN2O5. The number of alkyl halides is 1. The van der Waals surface area contributed by atoms with Gasteiger partial charge in [0.15, 0.2) is 6.17 Å². The van der Waals surface area contributed by atoms with E-state index in [9.17, 15) is 19.1 Å². The zero-order chi connectivity index (χ0) is 13.4. The largest absolute Gasteiger partial charge is 0.394 e. The van der Waals surface area contributed by atoms with Gasteiger partial charge in [-0.3, -0.25) is 9.78 Å². The average Bonchev–Trinajstić information content (AvgIpc) is 2.61. The van der Waals surface area contributed by atoms with E-state index in [2.05, 4.69) is 4.98 Å². The number of H-pyrrole nitrogens is 2. The third-order valence-corrected chi connectivity index (χ3v) is 3.76. The quantitative estimate of drug-likeness (QED) is 0.487. The Labute approximate surface area is 113 Å². The highest BCUT2D eigenvalue weighted by Crippen LogP contribution is 2.35. The molecule has 1 aliphatic rings. The van der Waals surface area contributed by atoms with Gasteiger partial charge >= 0.3 is 5.69 Å². The number of aliphatic hydroxyl groups excluding tert-OH is 2. The molecule has 9 heteroatoms. The molecule has 1 aromatic heterocycles. The summed E-state index contributed by atoms with van der Waals surface area (Å²) in [6.07, 6.45) is -5.69. The summed E-state index contributed by atoms with van der Waals surface area (Å²) in [5.41, 5.74) is -1.48. The van der Waals surface area contributed by atoms with Crippen molar-refractivity contribution in [1.82, 2.24) is 9.97 Å². The Hall–Kier alpha value is -0.780. The van der Waals surface area contributed by atoms with Gasteiger partial charge in [-0.1, -0.05) is 0 Å². The van der Waals surface area contributed by atoms with E-state index < -0.39 is 42.3 Å². The first-order valence-electron chi connectivity index (χ1n) is 5.06. The lowest BCUT2D eigenvalue weighted by Gasteiger charge is -2.13. The van der Waals surface area contributed by atoms with Gasteiger partial charge in [-0.25, -0.2) is 9.18 Å². The first-order chi connectivity index (χ1) is 8.45. The molecule has 18 heavy (non-hydrogen) atoms. The molecule has 0 radical (unpaired) electrons. The van der Waals surface area contributed by atoms with Gasteiger partial charge in [0.05, 0.1) is 12.3 Å². The number of ether oxygens (including phenoxy) is 1. The van der Waals surface area contributed by atoms with Crippen LogP contribution in [-0.2, 0) is 4.74 Å². The highest BCUT2D eigenvalue weighted by atomic mass is 127. The fourth-order valence-corrected chi connectivity index (χ4v) is 2.37. The van der Waals surface area contributed by atoms with Crippen molar-refractivity contribution in [3.05, 3.63) is 30.1 Å². The number of rotatable bonds is 2. The lowest BCUT2D eigenvalue weighted by molar-refractivity contribution is -0.0240. The molecule has 4 N–H and O–H groups in total. The second kappa shape index (κ2) is 5.07. The molecule has 0 unspecified atom stereocenters. The molecule has 4 atom stereocenters. The van der Waals surface area contributed by atoms with Crippen LogP contribution in [0.4, 0.5) is 4.39 Å². The van der Waals surface area contributed by atoms with Gasteiger partial charge in [-0.05, 0) is 22.6 Å². The first kappa shape index (κ1) is 13.6. The van der Waals surface area contributed by atoms with Crippen LogP contribution < -0.4 is 11.2 Å². The summed E-state index contributed by atoms with van der Waals surface area (Å²) in [6.45, 7) is -0.553. The normalized spacial score (nSPS) is 31.8. The number of hydrogen-bond acceptors (Lipinski definition) is 5. The molecule has 1 aliphatic heterocycles. The summed E-state index contributed by atoms with van der Waals surface area (Å²) in [4.78, 5) is 26.8. The third-order valence-electron chi connectivity index (χ3n) is 2.69. The molecule has 0 aliphatic carbocycles. The van der Waals surface area contributed by atoms with E-state index >= 15 is 0 Å². The molecule has 1 saturated heterocycles. The van der Waals surface area contributed by atoms with Crippen molar-refractivity contribution in [1.29, 1.82) is 0 Å². The molecule has 1 fully saturated rings. The Morgan fingerprint density at radius 2 is 2.06 bits per heavy atom. The van der Waals surface area contributed by atoms with Crippen molar-refractivity contribution >= 4 is 22.6 Å². The molecule has 0 saturated carbocycles. The van der Waals surface area contributed by atoms with Crippen molar-refractivity contribution in [2.75, 3.05) is 6.61 Å². The molecule has 100 valence electrons. The highest BCUT2D eigenvalue weighted by molar-refractivity contribution is 14.1. The van der Waals surface area contributed by atoms with Crippen LogP contribution in [0.1, 0.15) is 11.8 Å². The summed E-state index contributed by atoms with van der Waals surface area (Å²) in [6, 6.07) is 0. The van der Waals surface area contributed by atoms with Gasteiger partial charge in [0, 0.05) is 0 Å². The van der Waals surface area contributed by atoms with Crippen LogP contribution in [-0.4, -0.2) is 45.2 Å². The maximum Gasteiger partial charge on any atom is 0.326 e. The number of aromatic amines is 2. The Bertz CT molecular complexity index is 559.